The number of rotatable bonds is 4. The van der Waals surface area contributed by atoms with Crippen molar-refractivity contribution in [2.75, 3.05) is 19.7 Å². The van der Waals surface area contributed by atoms with Crippen LogP contribution in [-0.4, -0.2) is 35.5 Å². The molecule has 1 amide bonds. The third-order valence-electron chi connectivity index (χ3n) is 6.02. The molecule has 0 spiro atoms. The maximum absolute atomic E-state index is 12.8. The Kier molecular flexibility index (Phi) is 8.26. The number of benzene rings is 2. The Labute approximate surface area is 212 Å². The summed E-state index contributed by atoms with van der Waals surface area (Å²) in [4.78, 5) is 19.5. The number of amides is 1. The fourth-order valence-electron chi connectivity index (χ4n) is 4.04. The number of ether oxygens (including phenoxy) is 2. The van der Waals surface area contributed by atoms with Gasteiger partial charge in [-0.2, -0.15) is 0 Å². The lowest BCUT2D eigenvalue weighted by Gasteiger charge is -2.27. The van der Waals surface area contributed by atoms with Crippen molar-refractivity contribution in [1.29, 1.82) is 0 Å². The minimum absolute atomic E-state index is 0.0191. The van der Waals surface area contributed by atoms with Crippen molar-refractivity contribution in [2.24, 2.45) is 5.41 Å². The summed E-state index contributed by atoms with van der Waals surface area (Å²) < 4.78 is 12.4. The first-order valence-electron chi connectivity index (χ1n) is 12.0. The van der Waals surface area contributed by atoms with E-state index in [0.717, 1.165) is 30.5 Å². The lowest BCUT2D eigenvalue weighted by Crippen LogP contribution is -2.37. The molecular formula is C28H32ClN3O3. The first-order valence-corrected chi connectivity index (χ1v) is 12.3. The highest BCUT2D eigenvalue weighted by Gasteiger charge is 2.23. The summed E-state index contributed by atoms with van der Waals surface area (Å²) >= 11 is 5.96. The Bertz CT molecular complexity index is 1130. The van der Waals surface area contributed by atoms with Crippen LogP contribution in [-0.2, 0) is 17.9 Å². The molecule has 0 aliphatic carbocycles. The van der Waals surface area contributed by atoms with Gasteiger partial charge in [0.25, 0.3) is 0 Å². The van der Waals surface area contributed by atoms with Crippen LogP contribution in [0.1, 0.15) is 37.8 Å². The molecule has 0 saturated heterocycles. The molecular weight excluding hydrogens is 462 g/mol. The lowest BCUT2D eigenvalue weighted by atomic mass is 9.88. The van der Waals surface area contributed by atoms with Gasteiger partial charge in [0.1, 0.15) is 0 Å². The van der Waals surface area contributed by atoms with Crippen LogP contribution in [0.25, 0.3) is 0 Å². The summed E-state index contributed by atoms with van der Waals surface area (Å²) in [6.45, 7) is 7.07. The quantitative estimate of drug-likeness (QED) is 0.494. The normalized spacial score (nSPS) is 16.2. The van der Waals surface area contributed by atoms with Crippen LogP contribution < -0.4 is 14.8 Å². The number of hydrogen-bond donors (Lipinski definition) is 1. The number of nitrogens with one attached hydrogen (secondary N) is 1. The molecule has 1 aromatic heterocycles. The van der Waals surface area contributed by atoms with Gasteiger partial charge in [0.05, 0.1) is 13.2 Å². The summed E-state index contributed by atoms with van der Waals surface area (Å²) in [5.41, 5.74) is 1.91. The molecule has 4 rings (SSSR count). The third-order valence-corrected chi connectivity index (χ3v) is 6.27. The second kappa shape index (κ2) is 11.6. The van der Waals surface area contributed by atoms with Crippen molar-refractivity contribution in [3.05, 3.63) is 83.0 Å². The number of halogens is 1. The zero-order valence-electron chi connectivity index (χ0n) is 20.3. The van der Waals surface area contributed by atoms with Crippen LogP contribution in [0.4, 0.5) is 0 Å². The SMILES string of the molecule is CC1(C)CCCN(CC(=O)NCc2ccc(Cl)cc2)Cc2cccnc2Oc2ccccc2OC1. The molecule has 0 atom stereocenters. The maximum Gasteiger partial charge on any atom is 0.234 e. The monoisotopic (exact) mass is 493 g/mol. The lowest BCUT2D eigenvalue weighted by molar-refractivity contribution is -0.122. The molecule has 184 valence electrons. The molecule has 1 aliphatic heterocycles. The van der Waals surface area contributed by atoms with Crippen molar-refractivity contribution >= 4 is 17.5 Å². The predicted molar refractivity (Wildman–Crippen MR) is 138 cm³/mol. The van der Waals surface area contributed by atoms with E-state index in [0.29, 0.717) is 42.1 Å². The van der Waals surface area contributed by atoms with Crippen LogP contribution in [0, 0.1) is 5.41 Å². The average Bonchev–Trinajstić information content (AvgIpc) is 2.84. The van der Waals surface area contributed by atoms with Gasteiger partial charge in [-0.05, 0) is 60.7 Å². The summed E-state index contributed by atoms with van der Waals surface area (Å²) in [6, 6.07) is 19.1. The topological polar surface area (TPSA) is 63.7 Å². The molecule has 0 unspecified atom stereocenters. The molecule has 2 heterocycles. The fraction of sp³-hybridized carbons (Fsp3) is 0.357. The molecule has 0 saturated carbocycles. The second-order valence-electron chi connectivity index (χ2n) is 9.69. The van der Waals surface area contributed by atoms with E-state index in [4.69, 9.17) is 21.1 Å². The van der Waals surface area contributed by atoms with Gasteiger partial charge in [0, 0.05) is 29.9 Å². The van der Waals surface area contributed by atoms with Gasteiger partial charge >= 0.3 is 0 Å². The Morgan fingerprint density at radius 2 is 1.86 bits per heavy atom. The Morgan fingerprint density at radius 3 is 2.66 bits per heavy atom. The zero-order valence-corrected chi connectivity index (χ0v) is 21.1. The first-order chi connectivity index (χ1) is 16.9. The van der Waals surface area contributed by atoms with Crippen molar-refractivity contribution in [1.82, 2.24) is 15.2 Å². The van der Waals surface area contributed by atoms with Gasteiger partial charge in [-0.3, -0.25) is 9.69 Å². The number of para-hydroxylation sites is 2. The van der Waals surface area contributed by atoms with Gasteiger partial charge in [-0.25, -0.2) is 4.98 Å². The Balaban J connectivity index is 1.51. The van der Waals surface area contributed by atoms with Crippen LogP contribution >= 0.6 is 11.6 Å². The molecule has 7 heteroatoms. The number of carbonyl (C=O) groups is 1. The van der Waals surface area contributed by atoms with Crippen LogP contribution in [0.3, 0.4) is 0 Å². The summed E-state index contributed by atoms with van der Waals surface area (Å²) in [6.07, 6.45) is 3.63. The fourth-order valence-corrected chi connectivity index (χ4v) is 4.16. The van der Waals surface area contributed by atoms with Gasteiger partial charge in [-0.1, -0.05) is 55.8 Å². The van der Waals surface area contributed by atoms with Gasteiger partial charge in [0.2, 0.25) is 11.8 Å². The Hall–Kier alpha value is -3.09. The summed E-state index contributed by atoms with van der Waals surface area (Å²) in [5, 5.41) is 3.71. The van der Waals surface area contributed by atoms with Crippen LogP contribution in [0.15, 0.2) is 66.9 Å². The molecule has 0 bridgehead atoms. The molecule has 35 heavy (non-hydrogen) atoms. The summed E-state index contributed by atoms with van der Waals surface area (Å²) in [5.74, 6) is 1.84. The van der Waals surface area contributed by atoms with Gasteiger partial charge in [0.15, 0.2) is 11.5 Å². The van der Waals surface area contributed by atoms with Crippen molar-refractivity contribution in [3.8, 4) is 17.4 Å². The molecule has 0 fully saturated rings. The minimum atomic E-state index is -0.0245. The van der Waals surface area contributed by atoms with E-state index in [-0.39, 0.29) is 17.9 Å². The van der Waals surface area contributed by atoms with E-state index in [1.54, 1.807) is 6.20 Å². The average molecular weight is 494 g/mol. The molecule has 2 aromatic carbocycles. The van der Waals surface area contributed by atoms with Gasteiger partial charge in [-0.15, -0.1) is 0 Å². The van der Waals surface area contributed by atoms with Crippen LogP contribution in [0.2, 0.25) is 5.02 Å². The predicted octanol–water partition coefficient (Wildman–Crippen LogP) is 5.84. The van der Waals surface area contributed by atoms with Crippen LogP contribution in [0.5, 0.6) is 17.4 Å². The smallest absolute Gasteiger partial charge is 0.234 e. The highest BCUT2D eigenvalue weighted by Crippen LogP contribution is 2.34. The molecule has 1 N–H and O–H groups in total. The number of nitrogens with zero attached hydrogens (tertiary/aromatic N) is 2. The van der Waals surface area contributed by atoms with Crippen molar-refractivity contribution in [2.45, 2.75) is 39.8 Å². The second-order valence-corrected chi connectivity index (χ2v) is 10.1. The van der Waals surface area contributed by atoms with E-state index < -0.39 is 0 Å². The van der Waals surface area contributed by atoms with E-state index in [9.17, 15) is 4.79 Å². The zero-order chi connectivity index (χ0) is 24.7. The van der Waals surface area contributed by atoms with E-state index in [1.807, 2.05) is 60.7 Å². The number of aromatic nitrogens is 1. The number of fused-ring (bicyclic) bond motifs is 2. The molecule has 6 nitrogen and oxygen atoms in total. The van der Waals surface area contributed by atoms with E-state index >= 15 is 0 Å². The highest BCUT2D eigenvalue weighted by molar-refractivity contribution is 6.30. The third kappa shape index (κ3) is 7.44. The molecule has 3 aromatic rings. The highest BCUT2D eigenvalue weighted by atomic mass is 35.5. The maximum atomic E-state index is 12.8. The largest absolute Gasteiger partial charge is 0.489 e. The first kappa shape index (κ1) is 25.0. The van der Waals surface area contributed by atoms with Crippen molar-refractivity contribution in [3.63, 3.8) is 0 Å². The van der Waals surface area contributed by atoms with E-state index in [1.165, 1.54) is 0 Å². The van der Waals surface area contributed by atoms with Gasteiger partial charge < -0.3 is 14.8 Å². The summed E-state index contributed by atoms with van der Waals surface area (Å²) in [7, 11) is 0. The number of hydrogen-bond acceptors (Lipinski definition) is 5. The number of carbonyl (C=O) groups excluding carboxylic acids is 1. The van der Waals surface area contributed by atoms with Crippen molar-refractivity contribution < 1.29 is 14.3 Å². The minimum Gasteiger partial charge on any atom is -0.489 e. The molecule has 1 aliphatic rings. The molecule has 0 radical (unpaired) electrons. The standard InChI is InChI=1S/C28H32ClN3O3/c1-28(2)14-6-16-32(19-26(33)31-17-21-10-12-23(29)13-11-21)18-22-7-5-15-30-27(22)35-25-9-4-3-8-24(25)34-20-28/h3-5,7-13,15H,6,14,16-20H2,1-2H3,(H,31,33). The Morgan fingerprint density at radius 1 is 1.09 bits per heavy atom. The number of pyridine rings is 1. The van der Waals surface area contributed by atoms with E-state index in [2.05, 4.69) is 29.0 Å².